The number of hydrogen-bond acceptors (Lipinski definition) is 3. The van der Waals surface area contributed by atoms with Crippen LogP contribution in [0.3, 0.4) is 0 Å². The van der Waals surface area contributed by atoms with Crippen molar-refractivity contribution in [2.75, 3.05) is 13.1 Å². The van der Waals surface area contributed by atoms with Crippen LogP contribution in [0.1, 0.15) is 37.5 Å². The lowest BCUT2D eigenvalue weighted by molar-refractivity contribution is 0.392. The molecule has 0 saturated heterocycles. The molecule has 1 aromatic heterocycles. The van der Waals surface area contributed by atoms with Gasteiger partial charge >= 0.3 is 0 Å². The average Bonchev–Trinajstić information content (AvgIpc) is 3.16. The number of aromatic nitrogens is 3. The Balaban J connectivity index is 1.40. The molecule has 0 radical (unpaired) electrons. The minimum atomic E-state index is 0.323. The van der Waals surface area contributed by atoms with E-state index in [1.807, 2.05) is 0 Å². The highest BCUT2D eigenvalue weighted by atomic mass is 15.4. The molecule has 152 valence electrons. The minimum absolute atomic E-state index is 0.323. The van der Waals surface area contributed by atoms with E-state index in [1.165, 1.54) is 16.3 Å². The molecule has 1 aliphatic rings. The Morgan fingerprint density at radius 2 is 2.03 bits per heavy atom. The second kappa shape index (κ2) is 9.07. The van der Waals surface area contributed by atoms with E-state index in [0.717, 1.165) is 62.9 Å². The molecule has 1 atom stereocenters. The van der Waals surface area contributed by atoms with Crippen molar-refractivity contribution in [3.8, 4) is 0 Å². The van der Waals surface area contributed by atoms with Gasteiger partial charge in [-0.25, -0.2) is 9.67 Å². The smallest absolute Gasteiger partial charge is 0.191 e. The molecule has 6 heteroatoms. The quantitative estimate of drug-likeness (QED) is 0.501. The van der Waals surface area contributed by atoms with Gasteiger partial charge in [0, 0.05) is 32.0 Å². The van der Waals surface area contributed by atoms with Crippen molar-refractivity contribution in [3.63, 3.8) is 0 Å². The minimum Gasteiger partial charge on any atom is -0.357 e. The van der Waals surface area contributed by atoms with Gasteiger partial charge in [-0.1, -0.05) is 49.4 Å². The van der Waals surface area contributed by atoms with E-state index in [0.29, 0.717) is 6.04 Å². The first-order valence-corrected chi connectivity index (χ1v) is 10.7. The van der Waals surface area contributed by atoms with Crippen LogP contribution in [0, 0.1) is 0 Å². The molecule has 0 bridgehead atoms. The van der Waals surface area contributed by atoms with Crippen molar-refractivity contribution in [2.45, 2.75) is 52.1 Å². The van der Waals surface area contributed by atoms with Gasteiger partial charge in [0.05, 0.1) is 6.54 Å². The maximum Gasteiger partial charge on any atom is 0.191 e. The van der Waals surface area contributed by atoms with Gasteiger partial charge in [0.25, 0.3) is 0 Å². The molecule has 1 unspecified atom stereocenters. The molecule has 4 rings (SSSR count). The molecule has 0 amide bonds. The third-order valence-electron chi connectivity index (χ3n) is 5.43. The van der Waals surface area contributed by atoms with Crippen LogP contribution in [-0.4, -0.2) is 39.9 Å². The summed E-state index contributed by atoms with van der Waals surface area (Å²) in [6.07, 6.45) is 3.82. The van der Waals surface area contributed by atoms with Gasteiger partial charge in [0.15, 0.2) is 11.8 Å². The normalized spacial score (nSPS) is 16.6. The van der Waals surface area contributed by atoms with Crippen molar-refractivity contribution in [2.24, 2.45) is 4.99 Å². The fraction of sp³-hybridized carbons (Fsp3) is 0.435. The zero-order valence-electron chi connectivity index (χ0n) is 17.4. The van der Waals surface area contributed by atoms with E-state index in [-0.39, 0.29) is 0 Å². The highest BCUT2D eigenvalue weighted by Gasteiger charge is 2.22. The molecule has 0 spiro atoms. The largest absolute Gasteiger partial charge is 0.357 e. The first kappa shape index (κ1) is 19.4. The van der Waals surface area contributed by atoms with Crippen LogP contribution in [-0.2, 0) is 25.8 Å². The molecule has 0 fully saturated rings. The number of nitrogens with one attached hydrogen (secondary N) is 2. The van der Waals surface area contributed by atoms with Gasteiger partial charge < -0.3 is 10.6 Å². The van der Waals surface area contributed by atoms with Gasteiger partial charge in [0.1, 0.15) is 5.82 Å². The summed E-state index contributed by atoms with van der Waals surface area (Å²) in [5.74, 6) is 2.94. The molecule has 0 saturated carbocycles. The van der Waals surface area contributed by atoms with Gasteiger partial charge in [-0.05, 0) is 36.1 Å². The lowest BCUT2D eigenvalue weighted by Gasteiger charge is -2.25. The van der Waals surface area contributed by atoms with Gasteiger partial charge in [-0.2, -0.15) is 5.10 Å². The number of nitrogens with zero attached hydrogens (tertiary/aromatic N) is 4. The van der Waals surface area contributed by atoms with Crippen LogP contribution < -0.4 is 10.6 Å². The average molecular weight is 391 g/mol. The van der Waals surface area contributed by atoms with Crippen molar-refractivity contribution >= 4 is 16.7 Å². The summed E-state index contributed by atoms with van der Waals surface area (Å²) < 4.78 is 2.06. The molecule has 29 heavy (non-hydrogen) atoms. The Bertz CT molecular complexity index is 985. The van der Waals surface area contributed by atoms with Crippen molar-refractivity contribution < 1.29 is 0 Å². The lowest BCUT2D eigenvalue weighted by Crippen LogP contribution is -2.47. The van der Waals surface area contributed by atoms with E-state index in [2.05, 4.69) is 81.7 Å². The number of aryl methyl sites for hydroxylation is 2. The van der Waals surface area contributed by atoms with Crippen LogP contribution in [0.2, 0.25) is 0 Å². The summed E-state index contributed by atoms with van der Waals surface area (Å²) in [7, 11) is 0. The van der Waals surface area contributed by atoms with Crippen LogP contribution in [0.15, 0.2) is 47.5 Å². The lowest BCUT2D eigenvalue weighted by atomic mass is 10.0. The second-order valence-corrected chi connectivity index (χ2v) is 7.51. The first-order valence-electron chi connectivity index (χ1n) is 10.7. The van der Waals surface area contributed by atoms with Crippen molar-refractivity contribution in [3.05, 3.63) is 59.7 Å². The van der Waals surface area contributed by atoms with E-state index in [4.69, 9.17) is 4.99 Å². The third-order valence-corrected chi connectivity index (χ3v) is 5.43. The number of aliphatic imine (C=N–C) groups is 1. The van der Waals surface area contributed by atoms with Gasteiger partial charge in [-0.3, -0.25) is 4.99 Å². The molecule has 3 aromatic rings. The zero-order valence-corrected chi connectivity index (χ0v) is 17.4. The van der Waals surface area contributed by atoms with Crippen molar-refractivity contribution in [1.29, 1.82) is 0 Å². The maximum absolute atomic E-state index is 4.84. The molecule has 2 heterocycles. The Hall–Kier alpha value is -2.89. The van der Waals surface area contributed by atoms with Crippen LogP contribution >= 0.6 is 0 Å². The summed E-state index contributed by atoms with van der Waals surface area (Å²) in [6, 6.07) is 15.4. The van der Waals surface area contributed by atoms with E-state index >= 15 is 0 Å². The monoisotopic (exact) mass is 390 g/mol. The molecular formula is C23H30N6. The third kappa shape index (κ3) is 4.58. The van der Waals surface area contributed by atoms with Gasteiger partial charge in [-0.15, -0.1) is 0 Å². The predicted octanol–water partition coefficient (Wildman–Crippen LogP) is 3.11. The molecule has 2 aromatic carbocycles. The van der Waals surface area contributed by atoms with E-state index < -0.39 is 0 Å². The number of hydrogen-bond donors (Lipinski definition) is 2. The summed E-state index contributed by atoms with van der Waals surface area (Å²) >= 11 is 0. The Labute approximate surface area is 172 Å². The number of guanidine groups is 1. The molecule has 0 aliphatic carbocycles. The van der Waals surface area contributed by atoms with Gasteiger partial charge in [0.2, 0.25) is 0 Å². The molecule has 2 N–H and O–H groups in total. The fourth-order valence-electron chi connectivity index (χ4n) is 3.94. The topological polar surface area (TPSA) is 67.1 Å². The Morgan fingerprint density at radius 3 is 2.90 bits per heavy atom. The number of fused-ring (bicyclic) bond motifs is 2. The van der Waals surface area contributed by atoms with E-state index in [1.54, 1.807) is 0 Å². The van der Waals surface area contributed by atoms with Crippen LogP contribution in [0.25, 0.3) is 10.8 Å². The molecular weight excluding hydrogens is 360 g/mol. The number of benzene rings is 2. The Morgan fingerprint density at radius 1 is 1.17 bits per heavy atom. The molecule has 1 aliphatic heterocycles. The summed E-state index contributed by atoms with van der Waals surface area (Å²) in [6.45, 7) is 6.65. The van der Waals surface area contributed by atoms with Crippen LogP contribution in [0.4, 0.5) is 0 Å². The second-order valence-electron chi connectivity index (χ2n) is 7.51. The highest BCUT2D eigenvalue weighted by molar-refractivity contribution is 5.85. The number of rotatable bonds is 6. The maximum atomic E-state index is 4.84. The highest BCUT2D eigenvalue weighted by Crippen LogP contribution is 2.19. The van der Waals surface area contributed by atoms with Crippen LogP contribution in [0.5, 0.6) is 0 Å². The predicted molar refractivity (Wildman–Crippen MR) is 118 cm³/mol. The molecule has 6 nitrogen and oxygen atoms in total. The first-order chi connectivity index (χ1) is 14.3. The SMILES string of the molecule is CCNC(=NCCc1cccc2ccccc12)NC1CCc2nc(CC)nn2C1. The summed E-state index contributed by atoms with van der Waals surface area (Å²) in [5, 5.41) is 14.2. The summed E-state index contributed by atoms with van der Waals surface area (Å²) in [4.78, 5) is 9.44. The standard InChI is InChI=1S/C23H30N6/c1-3-21-27-22-13-12-19(16-29(22)28-21)26-23(24-4-2)25-15-14-18-10-7-9-17-8-5-6-11-20(17)18/h5-11,19H,3-4,12-16H2,1-2H3,(H2,24,25,26). The van der Waals surface area contributed by atoms with E-state index in [9.17, 15) is 0 Å². The fourth-order valence-corrected chi connectivity index (χ4v) is 3.94. The zero-order chi connectivity index (χ0) is 20.1. The summed E-state index contributed by atoms with van der Waals surface area (Å²) in [5.41, 5.74) is 1.35. The van der Waals surface area contributed by atoms with Crippen molar-refractivity contribution in [1.82, 2.24) is 25.4 Å². The Kier molecular flexibility index (Phi) is 6.08.